The van der Waals surface area contributed by atoms with Gasteiger partial charge in [0.25, 0.3) is 0 Å². The number of halogens is 4. The molecule has 26 heavy (non-hydrogen) atoms. The van der Waals surface area contributed by atoms with Crippen molar-refractivity contribution in [2.75, 3.05) is 13.2 Å². The standard InChI is InChI=1S/C17H20BrF3N2O3/c1-15(2,3)26-14(24)23-13-8-22-16(4,17(20,21)9-25-13)11-7-10(18)5-6-12(11)19/h5-7,22H,8-9H2,1-4H3/b23-13-. The van der Waals surface area contributed by atoms with E-state index in [0.29, 0.717) is 4.47 Å². The van der Waals surface area contributed by atoms with Crippen LogP contribution in [0.5, 0.6) is 0 Å². The van der Waals surface area contributed by atoms with Crippen molar-refractivity contribution in [1.29, 1.82) is 0 Å². The molecule has 1 N–H and O–H groups in total. The Morgan fingerprint density at radius 3 is 2.65 bits per heavy atom. The molecule has 1 heterocycles. The molecule has 9 heteroatoms. The van der Waals surface area contributed by atoms with Gasteiger partial charge in [0.2, 0.25) is 5.90 Å². The molecular formula is C17H20BrF3N2O3. The number of carbonyl (C=O) groups is 1. The molecule has 0 aromatic heterocycles. The lowest BCUT2D eigenvalue weighted by Crippen LogP contribution is -2.55. The second-order valence-corrected chi connectivity index (χ2v) is 8.00. The summed E-state index contributed by atoms with van der Waals surface area (Å²) in [7, 11) is 0. The van der Waals surface area contributed by atoms with Crippen LogP contribution < -0.4 is 5.32 Å². The maximum atomic E-state index is 14.8. The van der Waals surface area contributed by atoms with Crippen LogP contribution in [0.4, 0.5) is 18.0 Å². The van der Waals surface area contributed by atoms with Gasteiger partial charge in [0.05, 0.1) is 6.54 Å². The zero-order valence-corrected chi connectivity index (χ0v) is 16.4. The molecule has 1 fully saturated rings. The van der Waals surface area contributed by atoms with Gasteiger partial charge in [-0.25, -0.2) is 18.0 Å². The molecule has 0 radical (unpaired) electrons. The monoisotopic (exact) mass is 436 g/mol. The van der Waals surface area contributed by atoms with Crippen LogP contribution in [-0.4, -0.2) is 36.7 Å². The minimum atomic E-state index is -3.47. The maximum absolute atomic E-state index is 14.8. The quantitative estimate of drug-likeness (QED) is 0.708. The number of nitrogens with one attached hydrogen (secondary N) is 1. The first-order valence-electron chi connectivity index (χ1n) is 7.86. The average molecular weight is 437 g/mol. The van der Waals surface area contributed by atoms with E-state index in [1.807, 2.05) is 0 Å². The Hall–Kier alpha value is -1.61. The van der Waals surface area contributed by atoms with Gasteiger partial charge in [0.1, 0.15) is 17.0 Å². The van der Waals surface area contributed by atoms with E-state index in [1.54, 1.807) is 20.8 Å². The van der Waals surface area contributed by atoms with Crippen LogP contribution in [0.25, 0.3) is 0 Å². The number of alkyl halides is 2. The van der Waals surface area contributed by atoms with Gasteiger partial charge in [0, 0.05) is 10.0 Å². The van der Waals surface area contributed by atoms with Gasteiger partial charge in [-0.05, 0) is 45.9 Å². The Labute approximate surface area is 158 Å². The van der Waals surface area contributed by atoms with Crippen molar-refractivity contribution in [1.82, 2.24) is 5.32 Å². The summed E-state index contributed by atoms with van der Waals surface area (Å²) in [6.45, 7) is 4.77. The summed E-state index contributed by atoms with van der Waals surface area (Å²) in [5.41, 5.74) is -3.07. The van der Waals surface area contributed by atoms with Gasteiger partial charge >= 0.3 is 12.0 Å². The lowest BCUT2D eigenvalue weighted by atomic mass is 9.85. The Kier molecular flexibility index (Phi) is 5.72. The maximum Gasteiger partial charge on any atom is 0.437 e. The SMILES string of the molecule is CC(C)(C)OC(=O)/N=C1/CNC(C)(c2cc(Br)ccc2F)C(F)(F)CO1. The van der Waals surface area contributed by atoms with E-state index >= 15 is 0 Å². The summed E-state index contributed by atoms with van der Waals surface area (Å²) in [5.74, 6) is -4.51. The van der Waals surface area contributed by atoms with E-state index in [9.17, 15) is 18.0 Å². The van der Waals surface area contributed by atoms with E-state index in [2.05, 4.69) is 26.2 Å². The van der Waals surface area contributed by atoms with Crippen molar-refractivity contribution in [3.63, 3.8) is 0 Å². The van der Waals surface area contributed by atoms with Gasteiger partial charge in [-0.1, -0.05) is 15.9 Å². The van der Waals surface area contributed by atoms with Crippen molar-refractivity contribution >= 4 is 27.9 Å². The van der Waals surface area contributed by atoms with Gasteiger partial charge in [0.15, 0.2) is 6.61 Å². The van der Waals surface area contributed by atoms with Crippen LogP contribution in [0.15, 0.2) is 27.7 Å². The summed E-state index contributed by atoms with van der Waals surface area (Å²) in [4.78, 5) is 15.3. The number of rotatable bonds is 1. The molecule has 1 atom stereocenters. The van der Waals surface area contributed by atoms with Gasteiger partial charge in [-0.3, -0.25) is 5.32 Å². The van der Waals surface area contributed by atoms with Crippen molar-refractivity contribution in [3.05, 3.63) is 34.1 Å². The molecule has 1 aliphatic heterocycles. The number of ether oxygens (including phenoxy) is 2. The average Bonchev–Trinajstić information content (AvgIpc) is 2.60. The highest BCUT2D eigenvalue weighted by Crippen LogP contribution is 2.40. The van der Waals surface area contributed by atoms with Crippen LogP contribution in [0, 0.1) is 5.82 Å². The summed E-state index contributed by atoms with van der Waals surface area (Å²) < 4.78 is 54.2. The third kappa shape index (κ3) is 4.56. The highest BCUT2D eigenvalue weighted by Gasteiger charge is 2.55. The minimum absolute atomic E-state index is 0.223. The molecule has 0 saturated carbocycles. The molecular weight excluding hydrogens is 417 g/mol. The van der Waals surface area contributed by atoms with Crippen LogP contribution in [0.2, 0.25) is 0 Å². The third-order valence-electron chi connectivity index (χ3n) is 3.82. The topological polar surface area (TPSA) is 59.9 Å². The highest BCUT2D eigenvalue weighted by molar-refractivity contribution is 9.10. The fourth-order valence-electron chi connectivity index (χ4n) is 2.38. The lowest BCUT2D eigenvalue weighted by Gasteiger charge is -2.36. The van der Waals surface area contributed by atoms with E-state index in [0.717, 1.165) is 6.07 Å². The van der Waals surface area contributed by atoms with Crippen molar-refractivity contribution in [3.8, 4) is 0 Å². The molecule has 5 nitrogen and oxygen atoms in total. The van der Waals surface area contributed by atoms with Gasteiger partial charge < -0.3 is 9.47 Å². The molecule has 1 aromatic rings. The fraction of sp³-hybridized carbons (Fsp3) is 0.529. The highest BCUT2D eigenvalue weighted by atomic mass is 79.9. The van der Waals surface area contributed by atoms with Crippen LogP contribution in [0.3, 0.4) is 0 Å². The molecule has 1 aliphatic rings. The lowest BCUT2D eigenvalue weighted by molar-refractivity contribution is -0.109. The summed E-state index contributed by atoms with van der Waals surface area (Å²) in [6, 6.07) is 3.80. The molecule has 1 saturated heterocycles. The predicted octanol–water partition coefficient (Wildman–Crippen LogP) is 4.39. The van der Waals surface area contributed by atoms with Crippen LogP contribution >= 0.6 is 15.9 Å². The molecule has 2 rings (SSSR count). The zero-order valence-electron chi connectivity index (χ0n) is 14.8. The molecule has 0 spiro atoms. The van der Waals surface area contributed by atoms with Crippen molar-refractivity contribution in [2.24, 2.45) is 4.99 Å². The second-order valence-electron chi connectivity index (χ2n) is 7.08. The van der Waals surface area contributed by atoms with Crippen molar-refractivity contribution in [2.45, 2.75) is 44.8 Å². The largest absolute Gasteiger partial charge is 0.473 e. The molecule has 0 bridgehead atoms. The number of aliphatic imine (C=N–C) groups is 1. The molecule has 1 aromatic carbocycles. The number of carbonyl (C=O) groups excluding carboxylic acids is 1. The van der Waals surface area contributed by atoms with E-state index < -0.39 is 35.6 Å². The zero-order chi connectivity index (χ0) is 19.8. The Bertz CT molecular complexity index is 734. The second kappa shape index (κ2) is 7.19. The summed E-state index contributed by atoms with van der Waals surface area (Å²) in [6.07, 6.45) is -0.949. The molecule has 0 aliphatic carbocycles. The summed E-state index contributed by atoms with van der Waals surface area (Å²) in [5, 5.41) is 2.58. The van der Waals surface area contributed by atoms with Gasteiger partial charge in [-0.2, -0.15) is 0 Å². The Morgan fingerprint density at radius 2 is 2.04 bits per heavy atom. The molecule has 1 unspecified atom stereocenters. The summed E-state index contributed by atoms with van der Waals surface area (Å²) >= 11 is 3.16. The number of benzene rings is 1. The first kappa shape index (κ1) is 20.7. The molecule has 1 amide bonds. The fourth-order valence-corrected chi connectivity index (χ4v) is 2.74. The normalized spacial score (nSPS) is 24.7. The van der Waals surface area contributed by atoms with E-state index in [1.165, 1.54) is 19.1 Å². The Balaban J connectivity index is 2.32. The first-order valence-corrected chi connectivity index (χ1v) is 8.65. The predicted molar refractivity (Wildman–Crippen MR) is 94.0 cm³/mol. The molecule has 144 valence electrons. The number of hydrogen-bond donors (Lipinski definition) is 1. The third-order valence-corrected chi connectivity index (χ3v) is 4.31. The number of hydrogen-bond acceptors (Lipinski definition) is 4. The number of amides is 1. The van der Waals surface area contributed by atoms with Crippen LogP contribution in [-0.2, 0) is 15.0 Å². The number of nitrogens with zero attached hydrogens (tertiary/aromatic N) is 1. The van der Waals surface area contributed by atoms with Gasteiger partial charge in [-0.15, -0.1) is 4.99 Å². The van der Waals surface area contributed by atoms with Crippen LogP contribution in [0.1, 0.15) is 33.3 Å². The van der Waals surface area contributed by atoms with E-state index in [-0.39, 0.29) is 18.0 Å². The smallest absolute Gasteiger partial charge is 0.437 e. The van der Waals surface area contributed by atoms with E-state index in [4.69, 9.17) is 9.47 Å². The van der Waals surface area contributed by atoms with Crippen molar-refractivity contribution < 1.29 is 27.4 Å². The first-order chi connectivity index (χ1) is 11.8. The minimum Gasteiger partial charge on any atom is -0.473 e. The Morgan fingerprint density at radius 1 is 1.38 bits per heavy atom.